The van der Waals surface area contributed by atoms with E-state index in [-0.39, 0.29) is 37.5 Å². The van der Waals surface area contributed by atoms with Crippen molar-refractivity contribution in [3.8, 4) is 0 Å². The van der Waals surface area contributed by atoms with E-state index in [2.05, 4.69) is 15.6 Å². The van der Waals surface area contributed by atoms with Crippen LogP contribution in [-0.4, -0.2) is 50.7 Å². The van der Waals surface area contributed by atoms with Crippen LogP contribution < -0.4 is 10.6 Å². The summed E-state index contributed by atoms with van der Waals surface area (Å²) in [4.78, 5) is 57.8. The summed E-state index contributed by atoms with van der Waals surface area (Å²) in [6.07, 6.45) is 5.49. The normalized spacial score (nSPS) is 20.1. The average Bonchev–Trinajstić information content (AvgIpc) is 3.72. The molecule has 1 aromatic carbocycles. The molecule has 2 aromatic rings. The van der Waals surface area contributed by atoms with Gasteiger partial charge in [0.25, 0.3) is 11.8 Å². The van der Waals surface area contributed by atoms with Gasteiger partial charge in [0, 0.05) is 46.8 Å². The van der Waals surface area contributed by atoms with Crippen LogP contribution >= 0.6 is 0 Å². The summed E-state index contributed by atoms with van der Waals surface area (Å²) < 4.78 is 0. The predicted molar refractivity (Wildman–Crippen MR) is 189 cm³/mol. The number of carbonyl (C=O) groups is 4. The molecule has 5 rings (SSSR count). The van der Waals surface area contributed by atoms with Gasteiger partial charge in [0.05, 0.1) is 17.7 Å². The summed E-state index contributed by atoms with van der Waals surface area (Å²) >= 11 is 0. The number of amides is 2. The van der Waals surface area contributed by atoms with Crippen LogP contribution in [-0.2, 0) is 25.6 Å². The predicted octanol–water partition coefficient (Wildman–Crippen LogP) is 6.41. The zero-order chi connectivity index (χ0) is 35.6. The molecule has 49 heavy (non-hydrogen) atoms. The lowest BCUT2D eigenvalue weighted by atomic mass is 9.81. The van der Waals surface area contributed by atoms with Gasteiger partial charge < -0.3 is 25.8 Å². The highest BCUT2D eigenvalue weighted by molar-refractivity contribution is 6.12. The van der Waals surface area contributed by atoms with Crippen molar-refractivity contribution in [2.45, 2.75) is 92.0 Å². The minimum absolute atomic E-state index is 0.0852. The van der Waals surface area contributed by atoms with E-state index < -0.39 is 23.9 Å². The standard InChI is InChI=1S/C39H44N4O6/c1-7-25-22(5)38(48)42-31(25)18-29-20(3)27(14-16-33(44)45)36(40-29)35(24-12-10-9-11-13-24)37-28(15-17-34(46)47)21(4)30(41-37)19-32-26(8-2)23(6)39(49)43-32/h9-13,18-19,35-36,41H,7-8,14-17H2,1-6H3,(H,42,48)(H,43,49)(H,44,45)(H,46,47)/b31-18-,32-19-. The molecule has 10 heteroatoms. The Hall–Kier alpha value is -5.25. The zero-order valence-electron chi connectivity index (χ0n) is 28.9. The van der Waals surface area contributed by atoms with Gasteiger partial charge in [0.2, 0.25) is 0 Å². The molecule has 0 radical (unpaired) electrons. The lowest BCUT2D eigenvalue weighted by molar-refractivity contribution is -0.138. The molecule has 5 N–H and O–H groups in total. The minimum atomic E-state index is -0.919. The van der Waals surface area contributed by atoms with Gasteiger partial charge in [-0.25, -0.2) is 0 Å². The Kier molecular flexibility index (Phi) is 10.4. The third kappa shape index (κ3) is 6.99. The van der Waals surface area contributed by atoms with Crippen molar-refractivity contribution in [3.05, 3.63) is 109 Å². The Labute approximate surface area is 286 Å². The van der Waals surface area contributed by atoms with E-state index in [9.17, 15) is 29.4 Å². The van der Waals surface area contributed by atoms with E-state index in [4.69, 9.17) is 4.99 Å². The molecule has 1 aromatic heterocycles. The molecule has 2 amide bonds. The highest BCUT2D eigenvalue weighted by atomic mass is 16.4. The number of allylic oxidation sites excluding steroid dienone is 4. The maximum atomic E-state index is 12.6. The van der Waals surface area contributed by atoms with Crippen LogP contribution in [0.2, 0.25) is 0 Å². The fourth-order valence-corrected chi connectivity index (χ4v) is 7.22. The lowest BCUT2D eigenvalue weighted by Gasteiger charge is -2.26. The molecule has 0 spiro atoms. The van der Waals surface area contributed by atoms with Crippen LogP contribution in [0.4, 0.5) is 0 Å². The van der Waals surface area contributed by atoms with Gasteiger partial charge in [-0.15, -0.1) is 0 Å². The summed E-state index contributed by atoms with van der Waals surface area (Å²) in [5.74, 6) is -2.54. The van der Waals surface area contributed by atoms with Crippen molar-refractivity contribution < 1.29 is 29.4 Å². The molecule has 0 aliphatic carbocycles. The first-order chi connectivity index (χ1) is 23.4. The van der Waals surface area contributed by atoms with Crippen LogP contribution in [0.15, 0.2) is 86.2 Å². The first kappa shape index (κ1) is 35.1. The molecule has 2 unspecified atom stereocenters. The van der Waals surface area contributed by atoms with Crippen molar-refractivity contribution in [2.75, 3.05) is 0 Å². The maximum absolute atomic E-state index is 12.6. The van der Waals surface area contributed by atoms with E-state index in [1.807, 2.05) is 77.1 Å². The van der Waals surface area contributed by atoms with E-state index in [0.29, 0.717) is 41.1 Å². The van der Waals surface area contributed by atoms with Crippen molar-refractivity contribution in [3.63, 3.8) is 0 Å². The maximum Gasteiger partial charge on any atom is 0.303 e. The third-order valence-electron chi connectivity index (χ3n) is 9.94. The number of carboxylic acids is 2. The molecule has 0 saturated carbocycles. The molecule has 0 saturated heterocycles. The zero-order valence-corrected chi connectivity index (χ0v) is 28.9. The van der Waals surface area contributed by atoms with Crippen molar-refractivity contribution >= 4 is 35.5 Å². The van der Waals surface area contributed by atoms with Crippen molar-refractivity contribution in [1.82, 2.24) is 15.6 Å². The molecule has 4 heterocycles. The summed E-state index contributed by atoms with van der Waals surface area (Å²) in [5, 5.41) is 25.4. The number of H-pyrrole nitrogens is 1. The second-order valence-corrected chi connectivity index (χ2v) is 12.8. The highest BCUT2D eigenvalue weighted by Crippen LogP contribution is 2.43. The molecule has 0 fully saturated rings. The van der Waals surface area contributed by atoms with Gasteiger partial charge in [-0.2, -0.15) is 0 Å². The molecular formula is C39H44N4O6. The average molecular weight is 665 g/mol. The molecular weight excluding hydrogens is 620 g/mol. The number of hydrogen-bond acceptors (Lipinski definition) is 5. The molecule has 10 nitrogen and oxygen atoms in total. The highest BCUT2D eigenvalue weighted by Gasteiger charge is 2.37. The number of hydrogen-bond donors (Lipinski definition) is 5. The summed E-state index contributed by atoms with van der Waals surface area (Å²) in [6, 6.07) is 9.31. The van der Waals surface area contributed by atoms with Gasteiger partial charge >= 0.3 is 11.9 Å². The molecule has 3 aliphatic rings. The van der Waals surface area contributed by atoms with Crippen LogP contribution in [0.3, 0.4) is 0 Å². The number of benzene rings is 1. The molecule has 2 atom stereocenters. The number of aliphatic carboxylic acids is 2. The molecule has 0 bridgehead atoms. The number of nitrogens with zero attached hydrogens (tertiary/aromatic N) is 1. The number of rotatable bonds is 13. The summed E-state index contributed by atoms with van der Waals surface area (Å²) in [5.41, 5.74) is 11.2. The number of nitrogens with one attached hydrogen (secondary N) is 3. The van der Waals surface area contributed by atoms with Crippen LogP contribution in [0.25, 0.3) is 6.08 Å². The van der Waals surface area contributed by atoms with E-state index in [1.165, 1.54) is 0 Å². The fourth-order valence-electron chi connectivity index (χ4n) is 7.22. The van der Waals surface area contributed by atoms with Crippen LogP contribution in [0, 0.1) is 6.92 Å². The Bertz CT molecular complexity index is 1920. The molecule has 3 aliphatic heterocycles. The Morgan fingerprint density at radius 1 is 0.816 bits per heavy atom. The number of aliphatic imine (C=N–C) groups is 1. The first-order valence-electron chi connectivity index (χ1n) is 16.8. The minimum Gasteiger partial charge on any atom is -0.481 e. The van der Waals surface area contributed by atoms with E-state index in [0.717, 1.165) is 50.4 Å². The monoisotopic (exact) mass is 664 g/mol. The van der Waals surface area contributed by atoms with Gasteiger partial charge in [-0.1, -0.05) is 44.2 Å². The largest absolute Gasteiger partial charge is 0.481 e. The Morgan fingerprint density at radius 2 is 1.37 bits per heavy atom. The van der Waals surface area contributed by atoms with Crippen molar-refractivity contribution in [2.24, 2.45) is 4.99 Å². The number of carbonyl (C=O) groups excluding carboxylic acids is 2. The van der Waals surface area contributed by atoms with Crippen molar-refractivity contribution in [1.29, 1.82) is 0 Å². The number of carboxylic acid groups (broad SMARTS) is 2. The SMILES string of the molecule is CCC1=C(C)C(=O)N/C1=C\C1=NC(C(c2ccccc2)c2[nH]c(/C=C3\NC(=O)C(C)=C3CC)c(C)c2CCC(=O)O)C(CCC(=O)O)=C1C. The second kappa shape index (κ2) is 14.5. The summed E-state index contributed by atoms with van der Waals surface area (Å²) in [6.45, 7) is 11.5. The third-order valence-corrected chi connectivity index (χ3v) is 9.94. The van der Waals surface area contributed by atoms with Gasteiger partial charge in [0.1, 0.15) is 0 Å². The topological polar surface area (TPSA) is 161 Å². The van der Waals surface area contributed by atoms with Gasteiger partial charge in [0.15, 0.2) is 0 Å². The smallest absolute Gasteiger partial charge is 0.303 e. The second-order valence-electron chi connectivity index (χ2n) is 12.8. The quantitative estimate of drug-likeness (QED) is 0.166. The first-order valence-corrected chi connectivity index (χ1v) is 16.8. The number of aromatic nitrogens is 1. The molecule has 256 valence electrons. The Balaban J connectivity index is 1.73. The van der Waals surface area contributed by atoms with Crippen LogP contribution in [0.5, 0.6) is 0 Å². The van der Waals surface area contributed by atoms with Gasteiger partial charge in [-0.3, -0.25) is 24.2 Å². The number of aromatic amines is 1. The van der Waals surface area contributed by atoms with E-state index >= 15 is 0 Å². The Morgan fingerprint density at radius 3 is 1.92 bits per heavy atom. The van der Waals surface area contributed by atoms with Crippen LogP contribution in [0.1, 0.15) is 101 Å². The summed E-state index contributed by atoms with van der Waals surface area (Å²) in [7, 11) is 0. The fraction of sp³-hybridized carbons (Fsp3) is 0.359. The lowest BCUT2D eigenvalue weighted by Crippen LogP contribution is -2.22. The van der Waals surface area contributed by atoms with E-state index in [1.54, 1.807) is 6.92 Å². The van der Waals surface area contributed by atoms with Gasteiger partial charge in [-0.05, 0) is 105 Å².